The molecule has 0 aliphatic heterocycles. The number of carbonyl (C=O) groups is 2. The molecule has 1 rings (SSSR count). The van der Waals surface area contributed by atoms with Crippen LogP contribution in [-0.4, -0.2) is 23.2 Å². The Hall–Kier alpha value is -1.99. The highest BCUT2D eigenvalue weighted by molar-refractivity contribution is 5.85. The zero-order valence-electron chi connectivity index (χ0n) is 10.6. The molecule has 0 saturated heterocycles. The van der Waals surface area contributed by atoms with E-state index in [1.807, 2.05) is 0 Å². The Labute approximate surface area is 121 Å². The lowest BCUT2D eigenvalue weighted by Crippen LogP contribution is -2.15. The Balaban J connectivity index is 0.00000361. The number of halogens is 1. The maximum Gasteiger partial charge on any atom is 0.306 e. The molecular weight excluding hydrogens is 288 g/mol. The normalized spacial score (nSPS) is 9.45. The summed E-state index contributed by atoms with van der Waals surface area (Å²) >= 11 is 0. The summed E-state index contributed by atoms with van der Waals surface area (Å²) < 4.78 is 4.90. The number of rotatable bonds is 7. The topological polar surface area (TPSA) is 113 Å². The molecule has 20 heavy (non-hydrogen) atoms. The van der Waals surface area contributed by atoms with Crippen LogP contribution >= 0.6 is 12.4 Å². The average molecular weight is 303 g/mol. The smallest absolute Gasteiger partial charge is 0.306 e. The van der Waals surface area contributed by atoms with E-state index in [1.165, 1.54) is 18.2 Å². The molecule has 0 bridgehead atoms. The van der Waals surface area contributed by atoms with Crippen molar-refractivity contribution in [3.63, 3.8) is 0 Å². The van der Waals surface area contributed by atoms with Gasteiger partial charge in [0.05, 0.1) is 17.9 Å². The molecule has 1 aromatic carbocycles. The minimum absolute atomic E-state index is 0. The largest absolute Gasteiger partial charge is 0.461 e. The summed E-state index contributed by atoms with van der Waals surface area (Å²) in [6.45, 7) is -0.157. The second-order valence-electron chi connectivity index (χ2n) is 3.83. The number of nitrogens with zero attached hydrogens (tertiary/aromatic N) is 1. The molecule has 110 valence electrons. The highest BCUT2D eigenvalue weighted by Crippen LogP contribution is 2.14. The molecule has 0 heterocycles. The van der Waals surface area contributed by atoms with Gasteiger partial charge in [-0.25, -0.2) is 0 Å². The van der Waals surface area contributed by atoms with E-state index in [9.17, 15) is 19.7 Å². The van der Waals surface area contributed by atoms with Gasteiger partial charge in [-0.2, -0.15) is 0 Å². The van der Waals surface area contributed by atoms with Crippen LogP contribution in [0, 0.1) is 10.1 Å². The second-order valence-corrected chi connectivity index (χ2v) is 3.83. The summed E-state index contributed by atoms with van der Waals surface area (Å²) in [6.07, 6.45) is 0.00916. The molecule has 0 atom stereocenters. The highest BCUT2D eigenvalue weighted by Gasteiger charge is 2.09. The van der Waals surface area contributed by atoms with E-state index in [0.29, 0.717) is 5.56 Å². The van der Waals surface area contributed by atoms with Crippen molar-refractivity contribution in [2.24, 2.45) is 5.73 Å². The molecule has 0 aliphatic rings. The van der Waals surface area contributed by atoms with Gasteiger partial charge in [-0.15, -0.1) is 12.4 Å². The molecule has 0 fully saturated rings. The van der Waals surface area contributed by atoms with E-state index in [2.05, 4.69) is 0 Å². The van der Waals surface area contributed by atoms with Crippen LogP contribution in [0.3, 0.4) is 0 Å². The average Bonchev–Trinajstić information content (AvgIpc) is 2.42. The summed E-state index contributed by atoms with van der Waals surface area (Å²) in [5.74, 6) is -0.749. The number of nitrogens with two attached hydrogens (primary N) is 1. The number of esters is 1. The number of benzene rings is 1. The van der Waals surface area contributed by atoms with Gasteiger partial charge in [-0.1, -0.05) is 12.1 Å². The predicted octanol–water partition coefficient (Wildman–Crippen LogP) is 1.37. The van der Waals surface area contributed by atoms with E-state index >= 15 is 0 Å². The zero-order valence-corrected chi connectivity index (χ0v) is 11.4. The molecule has 8 heteroatoms. The molecule has 0 amide bonds. The first kappa shape index (κ1) is 18.0. The van der Waals surface area contributed by atoms with Gasteiger partial charge in [0.2, 0.25) is 0 Å². The molecule has 7 nitrogen and oxygen atoms in total. The van der Waals surface area contributed by atoms with Crippen LogP contribution in [0.2, 0.25) is 0 Å². The van der Waals surface area contributed by atoms with E-state index in [0.717, 1.165) is 0 Å². The van der Waals surface area contributed by atoms with Crippen LogP contribution in [0.5, 0.6) is 0 Å². The number of carbonyl (C=O) groups excluding carboxylic acids is 2. The fraction of sp³-hybridized carbons (Fsp3) is 0.333. The molecule has 0 unspecified atom stereocenters. The summed E-state index contributed by atoms with van der Waals surface area (Å²) in [6, 6.07) is 5.81. The number of nitro groups is 1. The van der Waals surface area contributed by atoms with E-state index in [1.54, 1.807) is 6.07 Å². The van der Waals surface area contributed by atoms with Crippen LogP contribution in [0.15, 0.2) is 24.3 Å². The van der Waals surface area contributed by atoms with Crippen LogP contribution in [0.4, 0.5) is 5.69 Å². The zero-order chi connectivity index (χ0) is 14.3. The van der Waals surface area contributed by atoms with Crippen molar-refractivity contribution in [3.8, 4) is 0 Å². The molecular formula is C12H15ClN2O5. The van der Waals surface area contributed by atoms with Crippen molar-refractivity contribution in [3.05, 3.63) is 39.9 Å². The number of nitro benzene ring substituents is 1. The number of non-ortho nitro benzene ring substituents is 1. The molecule has 0 aromatic heterocycles. The quantitative estimate of drug-likeness (QED) is 0.462. The van der Waals surface area contributed by atoms with Gasteiger partial charge < -0.3 is 10.5 Å². The minimum Gasteiger partial charge on any atom is -0.461 e. The molecule has 0 aliphatic carbocycles. The van der Waals surface area contributed by atoms with Gasteiger partial charge in [-0.05, 0) is 5.56 Å². The number of Topliss-reactive ketones (excluding diaryl/α,β-unsaturated/α-hetero) is 1. The lowest BCUT2D eigenvalue weighted by atomic mass is 10.2. The second kappa shape index (κ2) is 9.00. The lowest BCUT2D eigenvalue weighted by Gasteiger charge is -2.04. The van der Waals surface area contributed by atoms with Crippen molar-refractivity contribution in [1.82, 2.24) is 0 Å². The van der Waals surface area contributed by atoms with Gasteiger partial charge >= 0.3 is 5.97 Å². The molecule has 0 spiro atoms. The van der Waals surface area contributed by atoms with Crippen molar-refractivity contribution in [1.29, 1.82) is 0 Å². The van der Waals surface area contributed by atoms with E-state index < -0.39 is 10.9 Å². The highest BCUT2D eigenvalue weighted by atomic mass is 35.5. The van der Waals surface area contributed by atoms with Crippen LogP contribution in [-0.2, 0) is 20.9 Å². The first-order chi connectivity index (χ1) is 9.02. The molecule has 0 saturated carbocycles. The third-order valence-electron chi connectivity index (χ3n) is 2.36. The van der Waals surface area contributed by atoms with Gasteiger partial charge in [-0.3, -0.25) is 19.7 Å². The molecule has 2 N–H and O–H groups in total. The first-order valence-corrected chi connectivity index (χ1v) is 5.63. The number of hydrogen-bond donors (Lipinski definition) is 1. The Morgan fingerprint density at radius 3 is 2.60 bits per heavy atom. The number of ketones is 1. The van der Waals surface area contributed by atoms with Crippen molar-refractivity contribution in [2.45, 2.75) is 19.4 Å². The Morgan fingerprint density at radius 2 is 2.00 bits per heavy atom. The summed E-state index contributed by atoms with van der Waals surface area (Å²) in [4.78, 5) is 32.2. The third-order valence-corrected chi connectivity index (χ3v) is 2.36. The Bertz CT molecular complexity index is 492. The van der Waals surface area contributed by atoms with Crippen molar-refractivity contribution in [2.75, 3.05) is 6.54 Å². The predicted molar refractivity (Wildman–Crippen MR) is 73.4 cm³/mol. The van der Waals surface area contributed by atoms with Gasteiger partial charge in [0.1, 0.15) is 12.4 Å². The summed E-state index contributed by atoms with van der Waals surface area (Å²) in [7, 11) is 0. The molecule has 1 aromatic rings. The van der Waals surface area contributed by atoms with E-state index in [-0.39, 0.29) is 49.9 Å². The third kappa shape index (κ3) is 6.26. The Kier molecular flexibility index (Phi) is 8.10. The van der Waals surface area contributed by atoms with E-state index in [4.69, 9.17) is 10.5 Å². The fourth-order valence-electron chi connectivity index (χ4n) is 1.34. The van der Waals surface area contributed by atoms with Crippen molar-refractivity contribution >= 4 is 29.8 Å². The summed E-state index contributed by atoms with van der Waals surface area (Å²) in [5.41, 5.74) is 5.56. The summed E-state index contributed by atoms with van der Waals surface area (Å²) in [5, 5.41) is 10.6. The fourth-order valence-corrected chi connectivity index (χ4v) is 1.34. The Morgan fingerprint density at radius 1 is 1.30 bits per heavy atom. The van der Waals surface area contributed by atoms with Crippen LogP contribution in [0.1, 0.15) is 18.4 Å². The monoisotopic (exact) mass is 302 g/mol. The molecule has 0 radical (unpaired) electrons. The van der Waals surface area contributed by atoms with Gasteiger partial charge in [0, 0.05) is 18.6 Å². The SMILES string of the molecule is Cl.NCC(=O)CCC(=O)OCc1cccc([N+](=O)[O-])c1. The number of ether oxygens (including phenoxy) is 1. The van der Waals surface area contributed by atoms with Gasteiger partial charge in [0.15, 0.2) is 0 Å². The minimum atomic E-state index is -0.534. The lowest BCUT2D eigenvalue weighted by molar-refractivity contribution is -0.384. The maximum absolute atomic E-state index is 11.3. The van der Waals surface area contributed by atoms with Crippen LogP contribution in [0.25, 0.3) is 0 Å². The standard InChI is InChI=1S/C12H14N2O5.ClH/c13-7-11(15)4-5-12(16)19-8-9-2-1-3-10(6-9)14(17)18;/h1-3,6H,4-5,7-8,13H2;1H. The maximum atomic E-state index is 11.3. The van der Waals surface area contributed by atoms with Crippen molar-refractivity contribution < 1.29 is 19.2 Å². The van der Waals surface area contributed by atoms with Crippen LogP contribution < -0.4 is 5.73 Å². The van der Waals surface area contributed by atoms with Gasteiger partial charge in [0.25, 0.3) is 5.69 Å². The number of hydrogen-bond acceptors (Lipinski definition) is 6. The first-order valence-electron chi connectivity index (χ1n) is 5.63.